The summed E-state index contributed by atoms with van der Waals surface area (Å²) >= 11 is 0. The minimum atomic E-state index is -0.524. The van der Waals surface area contributed by atoms with Gasteiger partial charge >= 0.3 is 5.76 Å². The normalized spacial score (nSPS) is 11.0. The summed E-state index contributed by atoms with van der Waals surface area (Å²) in [7, 11) is 0. The fourth-order valence-corrected chi connectivity index (χ4v) is 2.23. The van der Waals surface area contributed by atoms with Crippen LogP contribution in [0.5, 0.6) is 5.75 Å². The lowest BCUT2D eigenvalue weighted by molar-refractivity contribution is -0.111. The highest BCUT2D eigenvalue weighted by molar-refractivity contribution is 6.02. The van der Waals surface area contributed by atoms with Crippen LogP contribution in [-0.4, -0.2) is 17.5 Å². The second-order valence-electron chi connectivity index (χ2n) is 5.05. The van der Waals surface area contributed by atoms with Crippen LogP contribution in [0.3, 0.4) is 0 Å². The molecule has 3 aromatic rings. The van der Waals surface area contributed by atoms with Gasteiger partial charge in [-0.05, 0) is 48.9 Å². The molecule has 0 saturated heterocycles. The maximum atomic E-state index is 12.0. The number of H-pyrrole nitrogens is 1. The fourth-order valence-electron chi connectivity index (χ4n) is 2.23. The summed E-state index contributed by atoms with van der Waals surface area (Å²) in [5.41, 5.74) is 2.44. The van der Waals surface area contributed by atoms with Crippen molar-refractivity contribution in [1.29, 1.82) is 0 Å². The number of carbonyl (C=O) groups is 1. The first-order valence-corrected chi connectivity index (χ1v) is 7.49. The number of oxazole rings is 1. The van der Waals surface area contributed by atoms with Crippen molar-refractivity contribution in [3.05, 3.63) is 64.7 Å². The van der Waals surface area contributed by atoms with E-state index in [0.29, 0.717) is 23.4 Å². The van der Waals surface area contributed by atoms with E-state index in [9.17, 15) is 9.59 Å². The number of carbonyl (C=O) groups excluding carboxylic acids is 1. The predicted octanol–water partition coefficient (Wildman–Crippen LogP) is 3.17. The van der Waals surface area contributed by atoms with Crippen molar-refractivity contribution >= 4 is 28.8 Å². The molecule has 0 saturated carbocycles. The van der Waals surface area contributed by atoms with Crippen LogP contribution in [0.15, 0.2) is 57.8 Å². The molecule has 0 aliphatic rings. The SMILES string of the molecule is CCOc1ccc(/C=C/C(=O)Nc2ccc3oc(=O)[nH]c3c2)cc1. The van der Waals surface area contributed by atoms with Crippen LogP contribution >= 0.6 is 0 Å². The molecule has 0 aliphatic heterocycles. The number of benzene rings is 2. The second kappa shape index (κ2) is 6.87. The van der Waals surface area contributed by atoms with Gasteiger partial charge in [0.15, 0.2) is 5.58 Å². The first kappa shape index (κ1) is 15.6. The highest BCUT2D eigenvalue weighted by Gasteiger charge is 2.03. The third-order valence-electron chi connectivity index (χ3n) is 3.30. The molecule has 0 bridgehead atoms. The van der Waals surface area contributed by atoms with Gasteiger partial charge in [-0.3, -0.25) is 9.78 Å². The molecule has 2 N–H and O–H groups in total. The van der Waals surface area contributed by atoms with E-state index < -0.39 is 5.76 Å². The molecule has 1 amide bonds. The molecule has 3 rings (SSSR count). The zero-order valence-corrected chi connectivity index (χ0v) is 13.0. The number of rotatable bonds is 5. The minimum Gasteiger partial charge on any atom is -0.494 e. The molecular weight excluding hydrogens is 308 g/mol. The van der Waals surface area contributed by atoms with Crippen molar-refractivity contribution in [2.24, 2.45) is 0 Å². The van der Waals surface area contributed by atoms with E-state index in [1.807, 2.05) is 31.2 Å². The van der Waals surface area contributed by atoms with Gasteiger partial charge in [-0.1, -0.05) is 12.1 Å². The number of aromatic amines is 1. The lowest BCUT2D eigenvalue weighted by Crippen LogP contribution is -2.07. The van der Waals surface area contributed by atoms with Gasteiger partial charge in [0.25, 0.3) is 0 Å². The average molecular weight is 324 g/mol. The van der Waals surface area contributed by atoms with Crippen molar-refractivity contribution in [3.63, 3.8) is 0 Å². The molecule has 1 aromatic heterocycles. The third kappa shape index (κ3) is 3.73. The summed E-state index contributed by atoms with van der Waals surface area (Å²) in [6.07, 6.45) is 3.15. The Labute approximate surface area is 137 Å². The number of amides is 1. The third-order valence-corrected chi connectivity index (χ3v) is 3.30. The van der Waals surface area contributed by atoms with E-state index in [2.05, 4.69) is 10.3 Å². The monoisotopic (exact) mass is 324 g/mol. The Morgan fingerprint density at radius 2 is 2.04 bits per heavy atom. The summed E-state index contributed by atoms with van der Waals surface area (Å²) in [5, 5.41) is 2.73. The molecule has 0 fully saturated rings. The van der Waals surface area contributed by atoms with Crippen molar-refractivity contribution < 1.29 is 13.9 Å². The lowest BCUT2D eigenvalue weighted by Gasteiger charge is -2.03. The molecule has 6 nitrogen and oxygen atoms in total. The summed E-state index contributed by atoms with van der Waals surface area (Å²) in [6, 6.07) is 12.4. The van der Waals surface area contributed by atoms with E-state index in [0.717, 1.165) is 11.3 Å². The Bertz CT molecular complexity index is 936. The Kier molecular flexibility index (Phi) is 4.47. The molecule has 0 atom stereocenters. The standard InChI is InChI=1S/C18H16N2O4/c1-2-23-14-7-3-12(4-8-14)5-10-17(21)19-13-6-9-16-15(11-13)20-18(22)24-16/h3-11H,2H2,1H3,(H,19,21)(H,20,22)/b10-5+. The van der Waals surface area contributed by atoms with Crippen molar-refractivity contribution in [1.82, 2.24) is 4.98 Å². The number of hydrogen-bond acceptors (Lipinski definition) is 4. The largest absolute Gasteiger partial charge is 0.494 e. The summed E-state index contributed by atoms with van der Waals surface area (Å²) in [5.74, 6) is -0.000503. The predicted molar refractivity (Wildman–Crippen MR) is 92.1 cm³/mol. The molecule has 24 heavy (non-hydrogen) atoms. The Hall–Kier alpha value is -3.28. The van der Waals surface area contributed by atoms with Gasteiger partial charge in [-0.2, -0.15) is 0 Å². The maximum Gasteiger partial charge on any atom is 0.417 e. The number of hydrogen-bond donors (Lipinski definition) is 2. The van der Waals surface area contributed by atoms with E-state index in [-0.39, 0.29) is 5.91 Å². The number of nitrogens with one attached hydrogen (secondary N) is 2. The quantitative estimate of drug-likeness (QED) is 0.706. The molecule has 0 radical (unpaired) electrons. The molecule has 6 heteroatoms. The highest BCUT2D eigenvalue weighted by Crippen LogP contribution is 2.16. The number of fused-ring (bicyclic) bond motifs is 1. The first-order valence-electron chi connectivity index (χ1n) is 7.49. The fraction of sp³-hybridized carbons (Fsp3) is 0.111. The van der Waals surface area contributed by atoms with Crippen LogP contribution < -0.4 is 15.8 Å². The van der Waals surface area contributed by atoms with Gasteiger partial charge in [-0.25, -0.2) is 4.79 Å². The van der Waals surface area contributed by atoms with Crippen molar-refractivity contribution in [3.8, 4) is 5.75 Å². The molecule has 0 spiro atoms. The molecular formula is C18H16N2O4. The zero-order chi connectivity index (χ0) is 16.9. The van der Waals surface area contributed by atoms with Crippen LogP contribution in [0.25, 0.3) is 17.2 Å². The molecule has 0 unspecified atom stereocenters. The Morgan fingerprint density at radius 1 is 1.25 bits per heavy atom. The van der Waals surface area contributed by atoms with Crippen LogP contribution in [0.1, 0.15) is 12.5 Å². The van der Waals surface area contributed by atoms with Gasteiger partial charge in [0.05, 0.1) is 12.1 Å². The van der Waals surface area contributed by atoms with Crippen LogP contribution in [-0.2, 0) is 4.79 Å². The smallest absolute Gasteiger partial charge is 0.417 e. The van der Waals surface area contributed by atoms with E-state index in [1.165, 1.54) is 6.08 Å². The Morgan fingerprint density at radius 3 is 2.79 bits per heavy atom. The van der Waals surface area contributed by atoms with Gasteiger partial charge in [-0.15, -0.1) is 0 Å². The topological polar surface area (TPSA) is 84.3 Å². The van der Waals surface area contributed by atoms with Crippen LogP contribution in [0, 0.1) is 0 Å². The van der Waals surface area contributed by atoms with Gasteiger partial charge in [0.1, 0.15) is 5.75 Å². The minimum absolute atomic E-state index is 0.269. The summed E-state index contributed by atoms with van der Waals surface area (Å²) in [4.78, 5) is 25.6. The number of ether oxygens (including phenoxy) is 1. The van der Waals surface area contributed by atoms with Crippen LogP contribution in [0.4, 0.5) is 5.69 Å². The van der Waals surface area contributed by atoms with Gasteiger partial charge in [0.2, 0.25) is 5.91 Å². The van der Waals surface area contributed by atoms with Gasteiger partial charge in [0, 0.05) is 11.8 Å². The number of anilines is 1. The van der Waals surface area contributed by atoms with Gasteiger partial charge < -0.3 is 14.5 Å². The summed E-state index contributed by atoms with van der Waals surface area (Å²) < 4.78 is 10.3. The van der Waals surface area contributed by atoms with Crippen molar-refractivity contribution in [2.45, 2.75) is 6.92 Å². The number of aromatic nitrogens is 1. The van der Waals surface area contributed by atoms with Crippen LogP contribution in [0.2, 0.25) is 0 Å². The molecule has 2 aromatic carbocycles. The second-order valence-corrected chi connectivity index (χ2v) is 5.05. The highest BCUT2D eigenvalue weighted by atomic mass is 16.5. The molecule has 1 heterocycles. The Balaban J connectivity index is 1.66. The summed E-state index contributed by atoms with van der Waals surface area (Å²) in [6.45, 7) is 2.54. The van der Waals surface area contributed by atoms with E-state index in [1.54, 1.807) is 24.3 Å². The first-order chi connectivity index (χ1) is 11.6. The zero-order valence-electron chi connectivity index (χ0n) is 13.0. The van der Waals surface area contributed by atoms with Crippen molar-refractivity contribution in [2.75, 3.05) is 11.9 Å². The average Bonchev–Trinajstić information content (AvgIpc) is 2.94. The molecule has 0 aliphatic carbocycles. The van der Waals surface area contributed by atoms with E-state index >= 15 is 0 Å². The molecule has 122 valence electrons. The maximum absolute atomic E-state index is 12.0. The lowest BCUT2D eigenvalue weighted by atomic mass is 10.2. The van der Waals surface area contributed by atoms with E-state index in [4.69, 9.17) is 9.15 Å².